The summed E-state index contributed by atoms with van der Waals surface area (Å²) in [6, 6.07) is 6.20. The minimum atomic E-state index is -0.0331. The monoisotopic (exact) mass is 330 g/mol. The van der Waals surface area contributed by atoms with Gasteiger partial charge in [-0.05, 0) is 46.7 Å². The van der Waals surface area contributed by atoms with Gasteiger partial charge in [0.15, 0.2) is 0 Å². The second-order valence-electron chi connectivity index (χ2n) is 3.82. The zero-order chi connectivity index (χ0) is 11.5. The average Bonchev–Trinajstić information content (AvgIpc) is 2.79. The number of ether oxygens (including phenoxy) is 1. The number of benzene rings is 1. The maximum atomic E-state index is 5.63. The van der Waals surface area contributed by atoms with E-state index in [1.807, 2.05) is 6.07 Å². The van der Waals surface area contributed by atoms with Crippen LogP contribution in [0, 0.1) is 10.5 Å². The number of hydrogen-bond donors (Lipinski definition) is 2. The van der Waals surface area contributed by atoms with Crippen LogP contribution >= 0.6 is 22.6 Å². The summed E-state index contributed by atoms with van der Waals surface area (Å²) in [6.07, 6.45) is 3.07. The first-order valence-electron chi connectivity index (χ1n) is 5.28. The SMILES string of the molecule is Cc1cccc(C(NN)C2=CCCO2)c1I. The van der Waals surface area contributed by atoms with Gasteiger partial charge in [-0.3, -0.25) is 5.84 Å². The molecule has 3 N–H and O–H groups in total. The lowest BCUT2D eigenvalue weighted by Crippen LogP contribution is -2.30. The lowest BCUT2D eigenvalue weighted by atomic mass is 10.0. The van der Waals surface area contributed by atoms with Crippen LogP contribution in [0.5, 0.6) is 0 Å². The van der Waals surface area contributed by atoms with Gasteiger partial charge in [0.25, 0.3) is 0 Å². The zero-order valence-electron chi connectivity index (χ0n) is 9.16. The van der Waals surface area contributed by atoms with Gasteiger partial charge in [0.05, 0.1) is 6.61 Å². The van der Waals surface area contributed by atoms with Crippen LogP contribution < -0.4 is 11.3 Å². The van der Waals surface area contributed by atoms with Crippen molar-refractivity contribution in [3.8, 4) is 0 Å². The smallest absolute Gasteiger partial charge is 0.115 e. The largest absolute Gasteiger partial charge is 0.496 e. The van der Waals surface area contributed by atoms with E-state index in [1.54, 1.807) is 0 Å². The van der Waals surface area contributed by atoms with E-state index in [-0.39, 0.29) is 6.04 Å². The summed E-state index contributed by atoms with van der Waals surface area (Å²) in [7, 11) is 0. The van der Waals surface area contributed by atoms with Gasteiger partial charge in [-0.2, -0.15) is 0 Å². The van der Waals surface area contributed by atoms with Crippen LogP contribution in [0.25, 0.3) is 0 Å². The van der Waals surface area contributed by atoms with Crippen molar-refractivity contribution in [3.05, 3.63) is 44.7 Å². The summed E-state index contributed by atoms with van der Waals surface area (Å²) in [5, 5.41) is 0. The molecule has 0 saturated heterocycles. The molecule has 4 heteroatoms. The van der Waals surface area contributed by atoms with Crippen LogP contribution in [0.4, 0.5) is 0 Å². The molecule has 1 aromatic carbocycles. The van der Waals surface area contributed by atoms with E-state index < -0.39 is 0 Å². The lowest BCUT2D eigenvalue weighted by molar-refractivity contribution is 0.215. The summed E-state index contributed by atoms with van der Waals surface area (Å²) in [6.45, 7) is 2.86. The van der Waals surface area contributed by atoms with Gasteiger partial charge in [0.1, 0.15) is 11.8 Å². The summed E-state index contributed by atoms with van der Waals surface area (Å²) < 4.78 is 6.81. The van der Waals surface area contributed by atoms with Crippen LogP contribution in [0.15, 0.2) is 30.0 Å². The van der Waals surface area contributed by atoms with Crippen molar-refractivity contribution in [1.29, 1.82) is 0 Å². The first kappa shape index (κ1) is 11.9. The fraction of sp³-hybridized carbons (Fsp3) is 0.333. The second kappa shape index (κ2) is 5.16. The van der Waals surface area contributed by atoms with Gasteiger partial charge in [0, 0.05) is 9.99 Å². The third-order valence-electron chi connectivity index (χ3n) is 2.72. The molecule has 0 bridgehead atoms. The van der Waals surface area contributed by atoms with Crippen molar-refractivity contribution in [2.24, 2.45) is 5.84 Å². The van der Waals surface area contributed by atoms with Crippen molar-refractivity contribution < 1.29 is 4.74 Å². The highest BCUT2D eigenvalue weighted by Crippen LogP contribution is 2.30. The topological polar surface area (TPSA) is 47.3 Å². The van der Waals surface area contributed by atoms with Crippen molar-refractivity contribution in [3.63, 3.8) is 0 Å². The minimum absolute atomic E-state index is 0.0331. The van der Waals surface area contributed by atoms with Gasteiger partial charge in [-0.1, -0.05) is 18.2 Å². The molecular weight excluding hydrogens is 315 g/mol. The Balaban J connectivity index is 2.36. The van der Waals surface area contributed by atoms with Gasteiger partial charge in [-0.15, -0.1) is 0 Å². The van der Waals surface area contributed by atoms with Crippen molar-refractivity contribution >= 4 is 22.6 Å². The number of rotatable bonds is 3. The Labute approximate surface area is 109 Å². The van der Waals surface area contributed by atoms with E-state index in [0.29, 0.717) is 0 Å². The van der Waals surface area contributed by atoms with Gasteiger partial charge < -0.3 is 4.74 Å². The minimum Gasteiger partial charge on any atom is -0.496 e. The van der Waals surface area contributed by atoms with E-state index >= 15 is 0 Å². The molecule has 0 aromatic heterocycles. The molecule has 1 aliphatic rings. The Morgan fingerprint density at radius 2 is 2.31 bits per heavy atom. The third-order valence-corrected chi connectivity index (χ3v) is 4.19. The van der Waals surface area contributed by atoms with Crippen LogP contribution in [0.1, 0.15) is 23.6 Å². The maximum Gasteiger partial charge on any atom is 0.115 e. The van der Waals surface area contributed by atoms with Crippen molar-refractivity contribution in [2.75, 3.05) is 6.61 Å². The summed E-state index contributed by atoms with van der Waals surface area (Å²) in [5.41, 5.74) is 5.27. The highest BCUT2D eigenvalue weighted by atomic mass is 127. The average molecular weight is 330 g/mol. The van der Waals surface area contributed by atoms with E-state index in [2.05, 4.69) is 53.1 Å². The number of aryl methyl sites for hydroxylation is 1. The first-order chi connectivity index (χ1) is 7.74. The normalized spacial score (nSPS) is 16.8. The van der Waals surface area contributed by atoms with Crippen molar-refractivity contribution in [2.45, 2.75) is 19.4 Å². The molecule has 2 rings (SSSR count). The molecule has 0 radical (unpaired) electrons. The van der Waals surface area contributed by atoms with Crippen LogP contribution in [0.2, 0.25) is 0 Å². The first-order valence-corrected chi connectivity index (χ1v) is 6.36. The van der Waals surface area contributed by atoms with E-state index in [4.69, 9.17) is 10.6 Å². The molecule has 3 nitrogen and oxygen atoms in total. The second-order valence-corrected chi connectivity index (χ2v) is 4.90. The number of nitrogens with two attached hydrogens (primary N) is 1. The zero-order valence-corrected chi connectivity index (χ0v) is 11.3. The van der Waals surface area contributed by atoms with Crippen LogP contribution in [0.3, 0.4) is 0 Å². The molecule has 0 amide bonds. The molecule has 1 aromatic rings. The Morgan fingerprint density at radius 1 is 1.50 bits per heavy atom. The number of hydrogen-bond acceptors (Lipinski definition) is 3. The summed E-state index contributed by atoms with van der Waals surface area (Å²) >= 11 is 2.35. The quantitative estimate of drug-likeness (QED) is 0.508. The van der Waals surface area contributed by atoms with Crippen LogP contribution in [-0.4, -0.2) is 6.61 Å². The Kier molecular flexibility index (Phi) is 3.83. The Bertz CT molecular complexity index is 417. The molecule has 1 aliphatic heterocycles. The standard InChI is InChI=1S/C12H15IN2O/c1-8-4-2-5-9(11(8)13)12(15-14)10-6-3-7-16-10/h2,4-6,12,15H,3,7,14H2,1H3. The molecule has 86 valence electrons. The maximum absolute atomic E-state index is 5.63. The molecule has 0 saturated carbocycles. The highest BCUT2D eigenvalue weighted by molar-refractivity contribution is 14.1. The third kappa shape index (κ3) is 2.23. The highest BCUT2D eigenvalue weighted by Gasteiger charge is 2.21. The number of nitrogens with one attached hydrogen (secondary N) is 1. The molecule has 0 spiro atoms. The molecular formula is C12H15IN2O. The number of hydrazine groups is 1. The molecule has 16 heavy (non-hydrogen) atoms. The van der Waals surface area contributed by atoms with E-state index in [1.165, 1.54) is 14.7 Å². The fourth-order valence-electron chi connectivity index (χ4n) is 1.86. The predicted octanol–water partition coefficient (Wildman–Crippen LogP) is 2.41. The molecule has 1 unspecified atom stereocenters. The molecule has 0 fully saturated rings. The molecule has 1 heterocycles. The number of halogens is 1. The molecule has 1 atom stereocenters. The summed E-state index contributed by atoms with van der Waals surface area (Å²) in [4.78, 5) is 0. The predicted molar refractivity (Wildman–Crippen MR) is 72.6 cm³/mol. The molecule has 0 aliphatic carbocycles. The van der Waals surface area contributed by atoms with Crippen molar-refractivity contribution in [1.82, 2.24) is 5.43 Å². The van der Waals surface area contributed by atoms with E-state index in [9.17, 15) is 0 Å². The van der Waals surface area contributed by atoms with Gasteiger partial charge in [0.2, 0.25) is 0 Å². The van der Waals surface area contributed by atoms with Gasteiger partial charge in [-0.25, -0.2) is 5.43 Å². The Hall–Kier alpha value is -0.590. The fourth-order valence-corrected chi connectivity index (χ4v) is 2.53. The van der Waals surface area contributed by atoms with Crippen LogP contribution in [-0.2, 0) is 4.74 Å². The van der Waals surface area contributed by atoms with Gasteiger partial charge >= 0.3 is 0 Å². The van der Waals surface area contributed by atoms with E-state index in [0.717, 1.165) is 18.8 Å². The Morgan fingerprint density at radius 3 is 2.94 bits per heavy atom. The summed E-state index contributed by atoms with van der Waals surface area (Å²) in [5.74, 6) is 6.57. The lowest BCUT2D eigenvalue weighted by Gasteiger charge is -2.19.